The molecular formula is C21H30N4O. The van der Waals surface area contributed by atoms with Crippen LogP contribution in [0.5, 0.6) is 0 Å². The van der Waals surface area contributed by atoms with Crippen molar-refractivity contribution in [2.75, 3.05) is 18.4 Å². The molecule has 0 unspecified atom stereocenters. The Balaban J connectivity index is 1.48. The molecule has 2 heterocycles. The van der Waals surface area contributed by atoms with Crippen LogP contribution in [0.1, 0.15) is 57.2 Å². The lowest BCUT2D eigenvalue weighted by molar-refractivity contribution is -0.120. The zero-order valence-electron chi connectivity index (χ0n) is 15.8. The van der Waals surface area contributed by atoms with Crippen LogP contribution in [0.2, 0.25) is 0 Å². The number of hydrogen-bond donors (Lipinski definition) is 1. The van der Waals surface area contributed by atoms with Crippen LogP contribution in [0.4, 0.5) is 5.69 Å². The summed E-state index contributed by atoms with van der Waals surface area (Å²) in [4.78, 5) is 19.8. The molecule has 0 atom stereocenters. The maximum absolute atomic E-state index is 12.5. The summed E-state index contributed by atoms with van der Waals surface area (Å²) in [7, 11) is 2.09. The lowest BCUT2D eigenvalue weighted by Crippen LogP contribution is -2.30. The van der Waals surface area contributed by atoms with Crippen molar-refractivity contribution in [1.29, 1.82) is 0 Å². The Morgan fingerprint density at radius 3 is 2.62 bits per heavy atom. The number of carbonyl (C=O) groups is 1. The van der Waals surface area contributed by atoms with Crippen LogP contribution in [-0.4, -0.2) is 33.4 Å². The Hall–Kier alpha value is -1.88. The largest absolute Gasteiger partial charge is 0.330 e. The molecule has 1 aliphatic heterocycles. The molecule has 1 amide bonds. The van der Waals surface area contributed by atoms with Gasteiger partial charge in [-0.25, -0.2) is 4.98 Å². The van der Waals surface area contributed by atoms with E-state index in [0.29, 0.717) is 0 Å². The van der Waals surface area contributed by atoms with E-state index in [-0.39, 0.29) is 11.8 Å². The van der Waals surface area contributed by atoms with E-state index in [1.165, 1.54) is 51.6 Å². The fraction of sp³-hybridized carbons (Fsp3) is 0.619. The summed E-state index contributed by atoms with van der Waals surface area (Å²) in [5.41, 5.74) is 2.98. The minimum atomic E-state index is 0.175. The molecule has 5 nitrogen and oxygen atoms in total. The van der Waals surface area contributed by atoms with E-state index >= 15 is 0 Å². The molecule has 1 N–H and O–H groups in total. The monoisotopic (exact) mass is 354 g/mol. The van der Waals surface area contributed by atoms with E-state index in [4.69, 9.17) is 4.98 Å². The first-order chi connectivity index (χ1) is 12.7. The maximum atomic E-state index is 12.5. The van der Waals surface area contributed by atoms with Crippen molar-refractivity contribution in [3.8, 4) is 0 Å². The summed E-state index contributed by atoms with van der Waals surface area (Å²) in [6.45, 7) is 3.26. The molecule has 2 aromatic rings. The van der Waals surface area contributed by atoms with Gasteiger partial charge in [-0.3, -0.25) is 9.69 Å². The number of amides is 1. The zero-order chi connectivity index (χ0) is 17.9. The second-order valence-corrected chi connectivity index (χ2v) is 7.95. The highest BCUT2D eigenvalue weighted by molar-refractivity contribution is 5.94. The third-order valence-corrected chi connectivity index (χ3v) is 6.03. The smallest absolute Gasteiger partial charge is 0.227 e. The third-order valence-electron chi connectivity index (χ3n) is 6.03. The van der Waals surface area contributed by atoms with Gasteiger partial charge in [-0.05, 0) is 57.0 Å². The molecule has 5 heteroatoms. The van der Waals surface area contributed by atoms with E-state index in [1.807, 2.05) is 12.1 Å². The van der Waals surface area contributed by atoms with Crippen LogP contribution in [0, 0.1) is 5.92 Å². The van der Waals surface area contributed by atoms with Crippen molar-refractivity contribution < 1.29 is 4.79 Å². The SMILES string of the molecule is Cn1c(CN2CCCCC2)nc2cc(NC(=O)C3CCCCC3)ccc21. The maximum Gasteiger partial charge on any atom is 0.227 e. The van der Waals surface area contributed by atoms with Gasteiger partial charge in [0.2, 0.25) is 5.91 Å². The number of imidazole rings is 1. The van der Waals surface area contributed by atoms with Gasteiger partial charge >= 0.3 is 0 Å². The number of hydrogen-bond acceptors (Lipinski definition) is 3. The molecule has 1 saturated heterocycles. The van der Waals surface area contributed by atoms with Gasteiger partial charge in [-0.2, -0.15) is 0 Å². The quantitative estimate of drug-likeness (QED) is 0.900. The number of carbonyl (C=O) groups excluding carboxylic acids is 1. The van der Waals surface area contributed by atoms with E-state index < -0.39 is 0 Å². The van der Waals surface area contributed by atoms with Crippen LogP contribution in [-0.2, 0) is 18.4 Å². The second kappa shape index (κ2) is 7.78. The van der Waals surface area contributed by atoms with Crippen molar-refractivity contribution in [3.05, 3.63) is 24.0 Å². The number of fused-ring (bicyclic) bond motifs is 1. The summed E-state index contributed by atoms with van der Waals surface area (Å²) in [5.74, 6) is 1.46. The summed E-state index contributed by atoms with van der Waals surface area (Å²) >= 11 is 0. The number of nitrogens with zero attached hydrogens (tertiary/aromatic N) is 3. The van der Waals surface area contributed by atoms with Crippen LogP contribution >= 0.6 is 0 Å². The topological polar surface area (TPSA) is 50.2 Å². The predicted molar refractivity (Wildman–Crippen MR) is 105 cm³/mol. The highest BCUT2D eigenvalue weighted by Crippen LogP contribution is 2.26. The van der Waals surface area contributed by atoms with E-state index in [0.717, 1.165) is 41.9 Å². The molecular weight excluding hydrogens is 324 g/mol. The normalized spacial score (nSPS) is 19.7. The Labute approximate surface area is 155 Å². The van der Waals surface area contributed by atoms with Gasteiger partial charge in [0.05, 0.1) is 17.6 Å². The first kappa shape index (κ1) is 17.5. The molecule has 0 bridgehead atoms. The molecule has 0 spiro atoms. The molecule has 4 rings (SSSR count). The molecule has 0 radical (unpaired) electrons. The van der Waals surface area contributed by atoms with Gasteiger partial charge < -0.3 is 9.88 Å². The van der Waals surface area contributed by atoms with Gasteiger partial charge in [0.15, 0.2) is 0 Å². The van der Waals surface area contributed by atoms with Crippen LogP contribution in [0.25, 0.3) is 11.0 Å². The molecule has 140 valence electrons. The van der Waals surface area contributed by atoms with Crippen molar-refractivity contribution in [3.63, 3.8) is 0 Å². The number of aromatic nitrogens is 2. The van der Waals surface area contributed by atoms with Crippen molar-refractivity contribution in [2.45, 2.75) is 57.9 Å². The Kier molecular flexibility index (Phi) is 5.25. The molecule has 1 aliphatic carbocycles. The van der Waals surface area contributed by atoms with Crippen molar-refractivity contribution in [2.24, 2.45) is 13.0 Å². The predicted octanol–water partition coefficient (Wildman–Crippen LogP) is 4.08. The lowest BCUT2D eigenvalue weighted by atomic mass is 9.88. The number of benzene rings is 1. The van der Waals surface area contributed by atoms with Gasteiger partial charge in [-0.15, -0.1) is 0 Å². The van der Waals surface area contributed by atoms with E-state index in [2.05, 4.69) is 27.9 Å². The molecule has 2 aliphatic rings. The average molecular weight is 354 g/mol. The van der Waals surface area contributed by atoms with E-state index in [9.17, 15) is 4.79 Å². The van der Waals surface area contributed by atoms with Crippen molar-refractivity contribution in [1.82, 2.24) is 14.5 Å². The fourth-order valence-corrected chi connectivity index (χ4v) is 4.40. The molecule has 1 aromatic heterocycles. The van der Waals surface area contributed by atoms with Crippen LogP contribution < -0.4 is 5.32 Å². The number of rotatable bonds is 4. The molecule has 26 heavy (non-hydrogen) atoms. The van der Waals surface area contributed by atoms with Gasteiger partial charge in [-0.1, -0.05) is 25.7 Å². The summed E-state index contributed by atoms with van der Waals surface area (Å²) in [6.07, 6.45) is 9.61. The number of likely N-dealkylation sites (tertiary alicyclic amines) is 1. The second-order valence-electron chi connectivity index (χ2n) is 7.95. The van der Waals surface area contributed by atoms with Gasteiger partial charge in [0, 0.05) is 18.7 Å². The summed E-state index contributed by atoms with van der Waals surface area (Å²) in [6, 6.07) is 6.11. The van der Waals surface area contributed by atoms with Crippen molar-refractivity contribution >= 4 is 22.6 Å². The third kappa shape index (κ3) is 3.78. The summed E-state index contributed by atoms with van der Waals surface area (Å²) in [5, 5.41) is 3.12. The van der Waals surface area contributed by atoms with Gasteiger partial charge in [0.1, 0.15) is 5.82 Å². The minimum Gasteiger partial charge on any atom is -0.330 e. The Morgan fingerprint density at radius 1 is 1.12 bits per heavy atom. The lowest BCUT2D eigenvalue weighted by Gasteiger charge is -2.25. The molecule has 1 aromatic carbocycles. The van der Waals surface area contributed by atoms with E-state index in [1.54, 1.807) is 0 Å². The highest BCUT2D eigenvalue weighted by Gasteiger charge is 2.21. The number of anilines is 1. The number of aryl methyl sites for hydroxylation is 1. The molecule has 1 saturated carbocycles. The minimum absolute atomic E-state index is 0.175. The first-order valence-electron chi connectivity index (χ1n) is 10.2. The standard InChI is InChI=1S/C21H30N4O/c1-24-19-11-10-17(22-21(26)16-8-4-2-5-9-16)14-18(19)23-20(24)15-25-12-6-3-7-13-25/h10-11,14,16H,2-9,12-13,15H2,1H3,(H,22,26). The van der Waals surface area contributed by atoms with Gasteiger partial charge in [0.25, 0.3) is 0 Å². The zero-order valence-corrected chi connectivity index (χ0v) is 15.8. The van der Waals surface area contributed by atoms with Crippen LogP contribution in [0.3, 0.4) is 0 Å². The Bertz CT molecular complexity index is 770. The summed E-state index contributed by atoms with van der Waals surface area (Å²) < 4.78 is 2.19. The molecule has 2 fully saturated rings. The average Bonchev–Trinajstić information content (AvgIpc) is 2.98. The van der Waals surface area contributed by atoms with Crippen LogP contribution in [0.15, 0.2) is 18.2 Å². The highest BCUT2D eigenvalue weighted by atomic mass is 16.1. The number of nitrogens with one attached hydrogen (secondary N) is 1. The Morgan fingerprint density at radius 2 is 1.85 bits per heavy atom. The first-order valence-corrected chi connectivity index (χ1v) is 10.2. The number of piperidine rings is 1. The fourth-order valence-electron chi connectivity index (χ4n) is 4.40.